The number of amides is 1. The summed E-state index contributed by atoms with van der Waals surface area (Å²) in [5.74, 6) is 0.0963. The highest BCUT2D eigenvalue weighted by Crippen LogP contribution is 2.44. The number of hydrogen-bond acceptors (Lipinski definition) is 3. The van der Waals surface area contributed by atoms with Gasteiger partial charge in [0.2, 0.25) is 6.41 Å². The second-order valence-electron chi connectivity index (χ2n) is 7.86. The molecule has 1 aliphatic rings. The van der Waals surface area contributed by atoms with Crippen molar-refractivity contribution in [3.05, 3.63) is 58.6 Å². The Kier molecular flexibility index (Phi) is 7.70. The molecular weight excluding hydrogens is 384 g/mol. The molecular formula is C24H31ClN2O2. The minimum atomic E-state index is -1.01. The first kappa shape index (κ1) is 21.8. The van der Waals surface area contributed by atoms with E-state index in [1.165, 1.54) is 5.56 Å². The first-order valence-corrected chi connectivity index (χ1v) is 11.0. The van der Waals surface area contributed by atoms with E-state index in [1.54, 1.807) is 0 Å². The molecule has 5 heteroatoms. The van der Waals surface area contributed by atoms with E-state index in [0.29, 0.717) is 30.8 Å². The SMILES string of the molecule is CCc1cccc(-c2c(Cl)cccc2C(O)(CCCNC=O)[C@@H]2CCCNC2)c1. The highest BCUT2D eigenvalue weighted by molar-refractivity contribution is 6.33. The van der Waals surface area contributed by atoms with E-state index >= 15 is 0 Å². The predicted octanol–water partition coefficient (Wildman–Crippen LogP) is 4.28. The van der Waals surface area contributed by atoms with Gasteiger partial charge in [-0.25, -0.2) is 0 Å². The van der Waals surface area contributed by atoms with Gasteiger partial charge in [-0.2, -0.15) is 0 Å². The Balaban J connectivity index is 2.07. The number of aryl methyl sites for hydroxylation is 1. The maximum atomic E-state index is 12.1. The fourth-order valence-corrected chi connectivity index (χ4v) is 4.75. The van der Waals surface area contributed by atoms with Crippen molar-refractivity contribution in [1.29, 1.82) is 0 Å². The van der Waals surface area contributed by atoms with Crippen LogP contribution in [0.15, 0.2) is 42.5 Å². The van der Waals surface area contributed by atoms with E-state index in [-0.39, 0.29) is 5.92 Å². The maximum absolute atomic E-state index is 12.1. The van der Waals surface area contributed by atoms with Gasteiger partial charge < -0.3 is 15.7 Å². The van der Waals surface area contributed by atoms with Gasteiger partial charge in [-0.3, -0.25) is 4.79 Å². The zero-order valence-corrected chi connectivity index (χ0v) is 17.8. The van der Waals surface area contributed by atoms with E-state index < -0.39 is 5.60 Å². The molecule has 0 bridgehead atoms. The van der Waals surface area contributed by atoms with Gasteiger partial charge in [-0.1, -0.05) is 54.9 Å². The lowest BCUT2D eigenvalue weighted by atomic mass is 9.72. The average Bonchev–Trinajstić information content (AvgIpc) is 2.77. The van der Waals surface area contributed by atoms with E-state index in [4.69, 9.17) is 11.6 Å². The fraction of sp³-hybridized carbons (Fsp3) is 0.458. The Bertz CT molecular complexity index is 820. The van der Waals surface area contributed by atoms with Crippen LogP contribution in [0.1, 0.15) is 43.7 Å². The first-order valence-electron chi connectivity index (χ1n) is 10.6. The van der Waals surface area contributed by atoms with Crippen molar-refractivity contribution >= 4 is 18.0 Å². The average molecular weight is 415 g/mol. The molecule has 0 saturated carbocycles. The summed E-state index contributed by atoms with van der Waals surface area (Å²) in [7, 11) is 0. The van der Waals surface area contributed by atoms with E-state index in [0.717, 1.165) is 49.0 Å². The van der Waals surface area contributed by atoms with Crippen LogP contribution in [-0.2, 0) is 16.8 Å². The van der Waals surface area contributed by atoms with Crippen molar-refractivity contribution in [2.45, 2.75) is 44.6 Å². The number of carbonyl (C=O) groups excluding carboxylic acids is 1. The Morgan fingerprint density at radius 1 is 1.31 bits per heavy atom. The third-order valence-corrected chi connectivity index (χ3v) is 6.35. The molecule has 3 rings (SSSR count). The summed E-state index contributed by atoms with van der Waals surface area (Å²) < 4.78 is 0. The second kappa shape index (κ2) is 10.2. The highest BCUT2D eigenvalue weighted by Gasteiger charge is 2.40. The summed E-state index contributed by atoms with van der Waals surface area (Å²) in [4.78, 5) is 10.6. The smallest absolute Gasteiger partial charge is 0.207 e. The molecule has 156 valence electrons. The number of nitrogens with one attached hydrogen (secondary N) is 2. The van der Waals surface area contributed by atoms with E-state index in [2.05, 4.69) is 41.8 Å². The summed E-state index contributed by atoms with van der Waals surface area (Å²) in [6.07, 6.45) is 4.93. The van der Waals surface area contributed by atoms with Gasteiger partial charge in [0.15, 0.2) is 0 Å². The van der Waals surface area contributed by atoms with Gasteiger partial charge in [-0.05, 0) is 61.4 Å². The maximum Gasteiger partial charge on any atom is 0.207 e. The molecule has 2 aromatic rings. The van der Waals surface area contributed by atoms with Gasteiger partial charge in [0.1, 0.15) is 0 Å². The van der Waals surface area contributed by atoms with E-state index in [9.17, 15) is 9.90 Å². The number of benzene rings is 2. The third kappa shape index (κ3) is 5.00. The predicted molar refractivity (Wildman–Crippen MR) is 119 cm³/mol. The van der Waals surface area contributed by atoms with Gasteiger partial charge in [-0.15, -0.1) is 0 Å². The number of halogens is 1. The van der Waals surface area contributed by atoms with Crippen LogP contribution in [0.5, 0.6) is 0 Å². The molecule has 1 fully saturated rings. The van der Waals surface area contributed by atoms with Gasteiger partial charge >= 0.3 is 0 Å². The number of carbonyl (C=O) groups is 1. The monoisotopic (exact) mass is 414 g/mol. The molecule has 0 aromatic heterocycles. The van der Waals surface area contributed by atoms with Crippen molar-refractivity contribution in [1.82, 2.24) is 10.6 Å². The molecule has 1 heterocycles. The van der Waals surface area contributed by atoms with Gasteiger partial charge in [0.05, 0.1) is 5.60 Å². The largest absolute Gasteiger partial charge is 0.385 e. The lowest BCUT2D eigenvalue weighted by molar-refractivity contribution is -0.109. The molecule has 3 N–H and O–H groups in total. The topological polar surface area (TPSA) is 61.4 Å². The fourth-order valence-electron chi connectivity index (χ4n) is 4.46. The van der Waals surface area contributed by atoms with Crippen molar-refractivity contribution in [2.24, 2.45) is 5.92 Å². The third-order valence-electron chi connectivity index (χ3n) is 6.04. The number of rotatable bonds is 9. The van der Waals surface area contributed by atoms with Crippen molar-refractivity contribution in [2.75, 3.05) is 19.6 Å². The number of hydrogen-bond donors (Lipinski definition) is 3. The Labute approximate surface area is 178 Å². The molecule has 1 amide bonds. The normalized spacial score (nSPS) is 18.8. The molecule has 2 aromatic carbocycles. The van der Waals surface area contributed by atoms with Gasteiger partial charge in [0.25, 0.3) is 0 Å². The molecule has 1 saturated heterocycles. The van der Waals surface area contributed by atoms with Crippen molar-refractivity contribution in [3.8, 4) is 11.1 Å². The molecule has 1 unspecified atom stereocenters. The van der Waals surface area contributed by atoms with Crippen LogP contribution >= 0.6 is 11.6 Å². The van der Waals surface area contributed by atoms with Crippen LogP contribution in [-0.4, -0.2) is 31.2 Å². The van der Waals surface area contributed by atoms with Crippen LogP contribution in [0, 0.1) is 5.92 Å². The summed E-state index contributed by atoms with van der Waals surface area (Å²) in [5, 5.41) is 18.9. The molecule has 0 spiro atoms. The highest BCUT2D eigenvalue weighted by atomic mass is 35.5. The quantitative estimate of drug-likeness (QED) is 0.424. The number of piperidine rings is 1. The molecule has 1 aliphatic heterocycles. The Morgan fingerprint density at radius 2 is 2.14 bits per heavy atom. The Morgan fingerprint density at radius 3 is 2.86 bits per heavy atom. The molecule has 29 heavy (non-hydrogen) atoms. The number of aliphatic hydroxyl groups is 1. The Hall–Kier alpha value is -1.88. The molecule has 0 radical (unpaired) electrons. The zero-order chi connectivity index (χ0) is 20.7. The standard InChI is InChI=1S/C24H31ClN2O2/c1-2-18-7-3-8-19(15-18)23-21(10-4-11-22(23)25)24(29,12-6-14-27-17-28)20-9-5-13-26-16-20/h3-4,7-8,10-11,15,17,20,26,29H,2,5-6,9,12-14,16H2,1H3,(H,27,28)/t20-,24?/m1/s1. The first-order chi connectivity index (χ1) is 14.1. The van der Waals surface area contributed by atoms with Crippen LogP contribution in [0.4, 0.5) is 0 Å². The lowest BCUT2D eigenvalue weighted by Gasteiger charge is -2.40. The van der Waals surface area contributed by atoms with Crippen LogP contribution in [0.2, 0.25) is 5.02 Å². The van der Waals surface area contributed by atoms with Gasteiger partial charge in [0, 0.05) is 29.6 Å². The second-order valence-corrected chi connectivity index (χ2v) is 8.27. The zero-order valence-electron chi connectivity index (χ0n) is 17.1. The minimum Gasteiger partial charge on any atom is -0.385 e. The minimum absolute atomic E-state index is 0.0963. The van der Waals surface area contributed by atoms with Crippen LogP contribution in [0.3, 0.4) is 0 Å². The van der Waals surface area contributed by atoms with E-state index in [1.807, 2.05) is 18.2 Å². The summed E-state index contributed by atoms with van der Waals surface area (Å²) in [5.41, 5.74) is 3.07. The van der Waals surface area contributed by atoms with Crippen LogP contribution in [0.25, 0.3) is 11.1 Å². The molecule has 4 nitrogen and oxygen atoms in total. The van der Waals surface area contributed by atoms with Crippen LogP contribution < -0.4 is 10.6 Å². The molecule has 0 aliphatic carbocycles. The summed E-state index contributed by atoms with van der Waals surface area (Å²) >= 11 is 6.70. The van der Waals surface area contributed by atoms with Crippen molar-refractivity contribution < 1.29 is 9.90 Å². The van der Waals surface area contributed by atoms with Crippen molar-refractivity contribution in [3.63, 3.8) is 0 Å². The summed E-state index contributed by atoms with van der Waals surface area (Å²) in [6, 6.07) is 14.2. The molecule has 2 atom stereocenters. The lowest BCUT2D eigenvalue weighted by Crippen LogP contribution is -2.45. The summed E-state index contributed by atoms with van der Waals surface area (Å²) in [6.45, 7) is 4.45.